The number of nitrogens with one attached hydrogen (secondary N) is 1. The molecule has 122 valence electrons. The van der Waals surface area contributed by atoms with Gasteiger partial charge in [0.2, 0.25) is 5.91 Å². The Hall–Kier alpha value is -2.33. The number of amides is 1. The molecule has 2 N–H and O–H groups in total. The predicted octanol–water partition coefficient (Wildman–Crippen LogP) is 2.91. The molecule has 0 fully saturated rings. The van der Waals surface area contributed by atoms with Crippen LogP contribution in [-0.2, 0) is 11.2 Å². The molecular formula is C19H24N2O2. The number of hydrogen-bond donors (Lipinski definition) is 2. The molecule has 2 aromatic rings. The first-order valence-corrected chi connectivity index (χ1v) is 7.77. The van der Waals surface area contributed by atoms with Crippen molar-refractivity contribution in [2.75, 3.05) is 30.4 Å². The summed E-state index contributed by atoms with van der Waals surface area (Å²) in [5, 5.41) is 11.9. The number of rotatable bonds is 6. The first kappa shape index (κ1) is 17.0. The van der Waals surface area contributed by atoms with Crippen molar-refractivity contribution in [3.63, 3.8) is 0 Å². The minimum absolute atomic E-state index is 0.0184. The Balaban J connectivity index is 1.99. The van der Waals surface area contributed by atoms with Crippen molar-refractivity contribution in [3.05, 3.63) is 59.2 Å². The van der Waals surface area contributed by atoms with Crippen LogP contribution < -0.4 is 10.2 Å². The third-order valence-corrected chi connectivity index (χ3v) is 3.88. The van der Waals surface area contributed by atoms with Gasteiger partial charge in [-0.2, -0.15) is 0 Å². The predicted molar refractivity (Wildman–Crippen MR) is 95.0 cm³/mol. The van der Waals surface area contributed by atoms with Gasteiger partial charge in [0.15, 0.2) is 0 Å². The number of anilines is 2. The molecule has 1 amide bonds. The Labute approximate surface area is 137 Å². The SMILES string of the molecule is Cc1ccc(C)c(CC(=O)Nc2ccc(N(C)CCO)cc2)c1. The fraction of sp³-hybridized carbons (Fsp3) is 0.316. The van der Waals surface area contributed by atoms with Crippen LogP contribution >= 0.6 is 0 Å². The summed E-state index contributed by atoms with van der Waals surface area (Å²) in [5.74, 6) is -0.0184. The highest BCUT2D eigenvalue weighted by Gasteiger charge is 2.07. The lowest BCUT2D eigenvalue weighted by atomic mass is 10.0. The van der Waals surface area contributed by atoms with Crippen molar-refractivity contribution in [3.8, 4) is 0 Å². The van der Waals surface area contributed by atoms with Gasteiger partial charge in [0.1, 0.15) is 0 Å². The average molecular weight is 312 g/mol. The number of carbonyl (C=O) groups excluding carboxylic acids is 1. The summed E-state index contributed by atoms with van der Waals surface area (Å²) in [6, 6.07) is 13.8. The van der Waals surface area contributed by atoms with Gasteiger partial charge in [-0.15, -0.1) is 0 Å². The lowest BCUT2D eigenvalue weighted by molar-refractivity contribution is -0.115. The van der Waals surface area contributed by atoms with Gasteiger partial charge in [-0.1, -0.05) is 23.8 Å². The van der Waals surface area contributed by atoms with Gasteiger partial charge in [0, 0.05) is 25.0 Å². The third kappa shape index (κ3) is 4.83. The maximum atomic E-state index is 12.2. The molecule has 4 nitrogen and oxygen atoms in total. The third-order valence-electron chi connectivity index (χ3n) is 3.88. The molecule has 0 aliphatic heterocycles. The Morgan fingerprint density at radius 2 is 1.83 bits per heavy atom. The highest BCUT2D eigenvalue weighted by molar-refractivity contribution is 5.92. The zero-order valence-corrected chi connectivity index (χ0v) is 14.0. The van der Waals surface area contributed by atoms with Gasteiger partial charge in [0.05, 0.1) is 13.0 Å². The van der Waals surface area contributed by atoms with E-state index >= 15 is 0 Å². The molecule has 0 radical (unpaired) electrons. The van der Waals surface area contributed by atoms with Crippen molar-refractivity contribution < 1.29 is 9.90 Å². The van der Waals surface area contributed by atoms with Crippen LogP contribution in [0.1, 0.15) is 16.7 Å². The summed E-state index contributed by atoms with van der Waals surface area (Å²) in [4.78, 5) is 14.2. The van der Waals surface area contributed by atoms with Crippen molar-refractivity contribution in [2.24, 2.45) is 0 Å². The van der Waals surface area contributed by atoms with Crippen LogP contribution in [0.25, 0.3) is 0 Å². The zero-order valence-electron chi connectivity index (χ0n) is 14.0. The number of aliphatic hydroxyl groups is 1. The number of carbonyl (C=O) groups is 1. The fourth-order valence-electron chi connectivity index (χ4n) is 2.45. The molecular weight excluding hydrogens is 288 g/mol. The number of hydrogen-bond acceptors (Lipinski definition) is 3. The van der Waals surface area contributed by atoms with Crippen LogP contribution in [0.4, 0.5) is 11.4 Å². The standard InChI is InChI=1S/C19H24N2O2/c1-14-4-5-15(2)16(12-14)13-19(23)20-17-6-8-18(9-7-17)21(3)10-11-22/h4-9,12,22H,10-11,13H2,1-3H3,(H,20,23). The summed E-state index contributed by atoms with van der Waals surface area (Å²) >= 11 is 0. The molecule has 0 bridgehead atoms. The maximum absolute atomic E-state index is 12.2. The van der Waals surface area contributed by atoms with Gasteiger partial charge >= 0.3 is 0 Å². The topological polar surface area (TPSA) is 52.6 Å². The number of aliphatic hydroxyl groups excluding tert-OH is 1. The molecule has 0 aromatic heterocycles. The smallest absolute Gasteiger partial charge is 0.228 e. The summed E-state index contributed by atoms with van der Waals surface area (Å²) in [7, 11) is 1.92. The maximum Gasteiger partial charge on any atom is 0.228 e. The first-order chi connectivity index (χ1) is 11.0. The van der Waals surface area contributed by atoms with Crippen molar-refractivity contribution in [1.82, 2.24) is 0 Å². The van der Waals surface area contributed by atoms with E-state index in [4.69, 9.17) is 5.11 Å². The summed E-state index contributed by atoms with van der Waals surface area (Å²) < 4.78 is 0. The molecule has 0 saturated heterocycles. The fourth-order valence-corrected chi connectivity index (χ4v) is 2.45. The Morgan fingerprint density at radius 1 is 1.13 bits per heavy atom. The number of benzene rings is 2. The molecule has 2 aromatic carbocycles. The van der Waals surface area contributed by atoms with E-state index in [1.165, 1.54) is 0 Å². The molecule has 0 spiro atoms. The monoisotopic (exact) mass is 312 g/mol. The summed E-state index contributed by atoms with van der Waals surface area (Å²) in [6.07, 6.45) is 0.375. The van der Waals surface area contributed by atoms with Crippen molar-refractivity contribution in [2.45, 2.75) is 20.3 Å². The van der Waals surface area contributed by atoms with E-state index in [0.29, 0.717) is 13.0 Å². The molecule has 2 rings (SSSR count). The van der Waals surface area contributed by atoms with Gasteiger partial charge in [-0.25, -0.2) is 0 Å². The number of likely N-dealkylation sites (N-methyl/N-ethyl adjacent to an activating group) is 1. The molecule has 23 heavy (non-hydrogen) atoms. The summed E-state index contributed by atoms with van der Waals surface area (Å²) in [5.41, 5.74) is 5.14. The Kier molecular flexibility index (Phi) is 5.77. The Morgan fingerprint density at radius 3 is 2.48 bits per heavy atom. The van der Waals surface area contributed by atoms with E-state index in [2.05, 4.69) is 17.4 Å². The molecule has 4 heteroatoms. The Bertz CT molecular complexity index is 666. The quantitative estimate of drug-likeness (QED) is 0.862. The van der Waals surface area contributed by atoms with Crippen LogP contribution in [-0.4, -0.2) is 31.2 Å². The van der Waals surface area contributed by atoms with E-state index in [9.17, 15) is 4.79 Å². The molecule has 0 aliphatic carbocycles. The number of aryl methyl sites for hydroxylation is 2. The second-order valence-electron chi connectivity index (χ2n) is 5.85. The highest BCUT2D eigenvalue weighted by Crippen LogP contribution is 2.17. The second kappa shape index (κ2) is 7.79. The van der Waals surface area contributed by atoms with Crippen LogP contribution in [0.5, 0.6) is 0 Å². The van der Waals surface area contributed by atoms with E-state index in [1.54, 1.807) is 0 Å². The van der Waals surface area contributed by atoms with Gasteiger partial charge < -0.3 is 15.3 Å². The molecule has 0 aliphatic rings. The van der Waals surface area contributed by atoms with Gasteiger partial charge in [-0.05, 0) is 49.2 Å². The highest BCUT2D eigenvalue weighted by atomic mass is 16.3. The molecule has 0 atom stereocenters. The van der Waals surface area contributed by atoms with E-state index in [-0.39, 0.29) is 12.5 Å². The van der Waals surface area contributed by atoms with Gasteiger partial charge in [0.25, 0.3) is 0 Å². The average Bonchev–Trinajstić information content (AvgIpc) is 2.52. The van der Waals surface area contributed by atoms with Crippen LogP contribution in [0.3, 0.4) is 0 Å². The molecule has 0 heterocycles. The lowest BCUT2D eigenvalue weighted by Crippen LogP contribution is -2.21. The van der Waals surface area contributed by atoms with Crippen molar-refractivity contribution in [1.29, 1.82) is 0 Å². The minimum atomic E-state index is -0.0184. The largest absolute Gasteiger partial charge is 0.395 e. The normalized spacial score (nSPS) is 10.4. The zero-order chi connectivity index (χ0) is 16.8. The lowest BCUT2D eigenvalue weighted by Gasteiger charge is -2.18. The molecule has 0 saturated carbocycles. The van der Waals surface area contributed by atoms with E-state index in [1.807, 2.05) is 56.1 Å². The van der Waals surface area contributed by atoms with Gasteiger partial charge in [-0.3, -0.25) is 4.79 Å². The van der Waals surface area contributed by atoms with E-state index in [0.717, 1.165) is 28.1 Å². The minimum Gasteiger partial charge on any atom is -0.395 e. The molecule has 0 unspecified atom stereocenters. The number of nitrogens with zero attached hydrogens (tertiary/aromatic N) is 1. The van der Waals surface area contributed by atoms with Crippen LogP contribution in [0.2, 0.25) is 0 Å². The first-order valence-electron chi connectivity index (χ1n) is 7.77. The van der Waals surface area contributed by atoms with Crippen molar-refractivity contribution >= 4 is 17.3 Å². The van der Waals surface area contributed by atoms with E-state index < -0.39 is 0 Å². The van der Waals surface area contributed by atoms with Crippen LogP contribution in [0.15, 0.2) is 42.5 Å². The van der Waals surface area contributed by atoms with Crippen LogP contribution in [0, 0.1) is 13.8 Å². The second-order valence-corrected chi connectivity index (χ2v) is 5.85. The summed E-state index contributed by atoms with van der Waals surface area (Å²) in [6.45, 7) is 4.75.